The molecule has 0 saturated carbocycles. The van der Waals surface area contributed by atoms with Crippen molar-refractivity contribution in [1.82, 2.24) is 0 Å². The molecule has 0 fully saturated rings. The lowest BCUT2D eigenvalue weighted by atomic mass is 10.1. The fourth-order valence-electron chi connectivity index (χ4n) is 2.63. The van der Waals surface area contributed by atoms with Crippen LogP contribution in [0.4, 0.5) is 0 Å². The minimum absolute atomic E-state index is 0.335. The first-order valence-corrected chi connectivity index (χ1v) is 8.04. The molecule has 1 unspecified atom stereocenters. The predicted molar refractivity (Wildman–Crippen MR) is 96.0 cm³/mol. The van der Waals surface area contributed by atoms with Crippen molar-refractivity contribution >= 4 is 29.6 Å². The highest BCUT2D eigenvalue weighted by Crippen LogP contribution is 2.26. The van der Waals surface area contributed by atoms with E-state index in [4.69, 9.17) is 15.0 Å². The molecule has 4 rings (SSSR count). The van der Waals surface area contributed by atoms with E-state index < -0.39 is 0 Å². The molecule has 2 N–H and O–H groups in total. The van der Waals surface area contributed by atoms with Crippen LogP contribution in [0.15, 0.2) is 68.4 Å². The molecule has 0 aliphatic carbocycles. The molecule has 0 amide bonds. The highest BCUT2D eigenvalue weighted by Gasteiger charge is 2.40. The molecule has 1 aromatic carbocycles. The van der Waals surface area contributed by atoms with Crippen LogP contribution < -0.4 is 5.84 Å². The maximum Gasteiger partial charge on any atom is 0.338 e. The van der Waals surface area contributed by atoms with Gasteiger partial charge in [0.1, 0.15) is 11.9 Å². The number of fused-ring (bicyclic) bond motifs is 1. The molecule has 0 saturated heterocycles. The lowest BCUT2D eigenvalue weighted by molar-refractivity contribution is -0.802. The second-order valence-electron chi connectivity index (χ2n) is 5.68. The van der Waals surface area contributed by atoms with Crippen molar-refractivity contribution in [3.8, 4) is 0 Å². The molecule has 2 aliphatic heterocycles. The number of hydrogen-bond acceptors (Lipinski definition) is 7. The number of hydrogen-bond donors (Lipinski definition) is 1. The Labute approximate surface area is 149 Å². The molecular formula is C18H16N5O3+. The van der Waals surface area contributed by atoms with Gasteiger partial charge in [0.05, 0.1) is 18.4 Å². The summed E-state index contributed by atoms with van der Waals surface area (Å²) < 4.78 is 9.97. The van der Waals surface area contributed by atoms with Gasteiger partial charge in [-0.25, -0.2) is 9.79 Å². The average molecular weight is 350 g/mol. The van der Waals surface area contributed by atoms with Gasteiger partial charge in [0.2, 0.25) is 0 Å². The normalized spacial score (nSPS) is 20.9. The Kier molecular flexibility index (Phi) is 3.83. The van der Waals surface area contributed by atoms with Crippen LogP contribution in [0.25, 0.3) is 5.70 Å². The second kappa shape index (κ2) is 6.17. The molecule has 2 aliphatic rings. The van der Waals surface area contributed by atoms with E-state index in [2.05, 4.69) is 15.1 Å². The minimum Gasteiger partial charge on any atom is -0.462 e. The van der Waals surface area contributed by atoms with Gasteiger partial charge in [-0.2, -0.15) is 4.99 Å². The van der Waals surface area contributed by atoms with Gasteiger partial charge in [-0.1, -0.05) is 12.1 Å². The quantitative estimate of drug-likeness (QED) is 0.519. The Hall–Kier alpha value is -3.36. The summed E-state index contributed by atoms with van der Waals surface area (Å²) in [6.45, 7) is 2.10. The largest absolute Gasteiger partial charge is 0.462 e. The van der Waals surface area contributed by atoms with Crippen LogP contribution in [0.3, 0.4) is 0 Å². The number of ether oxygens (including phenoxy) is 1. The lowest BCUT2D eigenvalue weighted by Crippen LogP contribution is -2.50. The molecule has 8 nitrogen and oxygen atoms in total. The van der Waals surface area contributed by atoms with Gasteiger partial charge in [-0.15, -0.1) is 5.84 Å². The van der Waals surface area contributed by atoms with Crippen molar-refractivity contribution in [2.24, 2.45) is 20.9 Å². The van der Waals surface area contributed by atoms with E-state index in [9.17, 15) is 4.79 Å². The summed E-state index contributed by atoms with van der Waals surface area (Å²) in [7, 11) is 0. The first-order valence-electron chi connectivity index (χ1n) is 8.04. The average Bonchev–Trinajstić information content (AvgIpc) is 3.28. The summed E-state index contributed by atoms with van der Waals surface area (Å²) >= 11 is 0. The number of nitrogens with two attached hydrogens (primary N) is 1. The van der Waals surface area contributed by atoms with Gasteiger partial charge in [0.15, 0.2) is 12.0 Å². The third-order valence-corrected chi connectivity index (χ3v) is 3.92. The van der Waals surface area contributed by atoms with Gasteiger partial charge in [0, 0.05) is 5.56 Å². The predicted octanol–water partition coefficient (Wildman–Crippen LogP) is 2.30. The Bertz CT molecular complexity index is 971. The summed E-state index contributed by atoms with van der Waals surface area (Å²) in [5.74, 6) is 7.42. The Morgan fingerprint density at radius 1 is 1.27 bits per heavy atom. The maximum absolute atomic E-state index is 11.7. The van der Waals surface area contributed by atoms with E-state index >= 15 is 0 Å². The Morgan fingerprint density at radius 3 is 2.77 bits per heavy atom. The number of amidine groups is 2. The number of furan rings is 1. The zero-order chi connectivity index (χ0) is 18.1. The maximum atomic E-state index is 11.7. The fraction of sp³-hybridized carbons (Fsp3) is 0.111. The third-order valence-electron chi connectivity index (χ3n) is 3.92. The zero-order valence-corrected chi connectivity index (χ0v) is 14.0. The van der Waals surface area contributed by atoms with Gasteiger partial charge in [-0.05, 0) is 41.0 Å². The highest BCUT2D eigenvalue weighted by atomic mass is 16.5. The number of aliphatic imine (C=N–C) groups is 2. The first kappa shape index (κ1) is 16.1. The van der Waals surface area contributed by atoms with E-state index in [1.807, 2.05) is 0 Å². The van der Waals surface area contributed by atoms with Gasteiger partial charge in [-0.3, -0.25) is 0 Å². The van der Waals surface area contributed by atoms with Crippen molar-refractivity contribution in [3.05, 3.63) is 65.7 Å². The smallest absolute Gasteiger partial charge is 0.338 e. The molecule has 8 heteroatoms. The molecule has 0 spiro atoms. The van der Waals surface area contributed by atoms with E-state index in [0.717, 1.165) is 5.56 Å². The topological polar surface area (TPSA) is 103 Å². The molecule has 0 bridgehead atoms. The van der Waals surface area contributed by atoms with Crippen LogP contribution in [0.5, 0.6) is 0 Å². The number of benzene rings is 1. The SMILES string of the molecule is CCOC(=O)c1ccc(C2=C[N+]3(N)N=C(c4ccco4)N=C3C=N2)cc1. The summed E-state index contributed by atoms with van der Waals surface area (Å²) in [6.07, 6.45) is 4.82. The van der Waals surface area contributed by atoms with Crippen molar-refractivity contribution in [3.63, 3.8) is 0 Å². The van der Waals surface area contributed by atoms with Crippen molar-refractivity contribution in [1.29, 1.82) is 0 Å². The van der Waals surface area contributed by atoms with E-state index in [1.54, 1.807) is 62.0 Å². The fourth-order valence-corrected chi connectivity index (χ4v) is 2.63. The first-order chi connectivity index (χ1) is 12.6. The monoisotopic (exact) mass is 350 g/mol. The number of quaternary nitrogens is 1. The van der Waals surface area contributed by atoms with Gasteiger partial charge >= 0.3 is 5.97 Å². The summed E-state index contributed by atoms with van der Waals surface area (Å²) in [6, 6.07) is 10.5. The van der Waals surface area contributed by atoms with Gasteiger partial charge < -0.3 is 9.15 Å². The summed E-state index contributed by atoms with van der Waals surface area (Å²) in [5.41, 5.74) is 1.92. The lowest BCUT2D eigenvalue weighted by Gasteiger charge is -2.19. The molecule has 0 radical (unpaired) electrons. The van der Waals surface area contributed by atoms with E-state index in [1.165, 1.54) is 0 Å². The zero-order valence-electron chi connectivity index (χ0n) is 14.0. The highest BCUT2D eigenvalue weighted by molar-refractivity contribution is 6.32. The molecule has 1 aromatic heterocycles. The third kappa shape index (κ3) is 2.77. The second-order valence-corrected chi connectivity index (χ2v) is 5.68. The molecule has 2 aromatic rings. The van der Waals surface area contributed by atoms with Crippen LogP contribution in [-0.2, 0) is 4.74 Å². The van der Waals surface area contributed by atoms with Crippen molar-refractivity contribution in [2.45, 2.75) is 6.92 Å². The molecule has 26 heavy (non-hydrogen) atoms. The van der Waals surface area contributed by atoms with E-state index in [-0.39, 0.29) is 10.7 Å². The number of nitrogens with zero attached hydrogens (tertiary/aromatic N) is 4. The van der Waals surface area contributed by atoms with Crippen LogP contribution in [0.1, 0.15) is 28.6 Å². The molecule has 1 atom stereocenters. The Balaban J connectivity index is 1.63. The summed E-state index contributed by atoms with van der Waals surface area (Å²) in [4.78, 5) is 20.5. The Morgan fingerprint density at radius 2 is 2.08 bits per heavy atom. The van der Waals surface area contributed by atoms with Crippen molar-refractivity contribution < 1.29 is 18.6 Å². The standard InChI is InChI=1S/C18H16N5O3/c1-2-25-18(24)13-7-5-12(6-8-13)14-11-23(19)16(10-20-14)21-17(22-23)15-4-3-9-26-15/h3-11H,2,19H2,1H3/q+1. The number of rotatable bonds is 4. The van der Waals surface area contributed by atoms with Crippen molar-refractivity contribution in [2.75, 3.05) is 6.61 Å². The van der Waals surface area contributed by atoms with Crippen LogP contribution in [0, 0.1) is 0 Å². The molecule has 3 heterocycles. The van der Waals surface area contributed by atoms with Crippen LogP contribution >= 0.6 is 0 Å². The molecule has 130 valence electrons. The van der Waals surface area contributed by atoms with Crippen LogP contribution in [0.2, 0.25) is 0 Å². The van der Waals surface area contributed by atoms with Crippen LogP contribution in [-0.4, -0.2) is 35.2 Å². The number of carbonyl (C=O) groups is 1. The molecular weight excluding hydrogens is 334 g/mol. The number of carbonyl (C=O) groups excluding carboxylic acids is 1. The van der Waals surface area contributed by atoms with Gasteiger partial charge in [0.25, 0.3) is 11.7 Å². The number of esters is 1. The summed E-state index contributed by atoms with van der Waals surface area (Å²) in [5, 5.41) is 4.42. The van der Waals surface area contributed by atoms with E-state index in [0.29, 0.717) is 35.3 Å². The minimum atomic E-state index is -0.357.